The van der Waals surface area contributed by atoms with Gasteiger partial charge in [-0.3, -0.25) is 9.36 Å². The fourth-order valence-electron chi connectivity index (χ4n) is 6.59. The molecule has 12 nitrogen and oxygen atoms in total. The standard InChI is InChI=1S/C34H44N8O4/c1-4-35-32(45)29-27(43)28(44)33(46-29)42-20-37-26-30(36-19-25(21-11-7-5-8-12-21)22-13-9-6-10-14-22)39-34(40-31(26)42)38-23-15-17-24(18-16-23)41(2)3/h5-14,20,23-25,27-29,33,43-44H,4,15-19H2,1-3H3,(H,35,45)(H2,36,38,39,40)/t23?,24?,27-,28+,29-,33+/m0/s1. The van der Waals surface area contributed by atoms with Crippen LogP contribution < -0.4 is 16.0 Å². The third-order valence-electron chi connectivity index (χ3n) is 9.18. The summed E-state index contributed by atoms with van der Waals surface area (Å²) in [6.45, 7) is 2.70. The van der Waals surface area contributed by atoms with Crippen molar-refractivity contribution in [2.75, 3.05) is 37.8 Å². The molecule has 2 aliphatic rings. The number of likely N-dealkylation sites (N-methyl/N-ethyl adjacent to an activating group) is 1. The molecule has 0 unspecified atom stereocenters. The SMILES string of the molecule is CCNC(=O)[C@H]1O[C@@H](n2cnc3c(NCC(c4ccccc4)c4ccccc4)nc(NC4CCC(N(C)C)CC4)nc32)[C@H](O)[C@@H]1O. The van der Waals surface area contributed by atoms with Gasteiger partial charge in [-0.15, -0.1) is 0 Å². The van der Waals surface area contributed by atoms with Gasteiger partial charge in [0.1, 0.15) is 12.2 Å². The Morgan fingerprint density at radius 1 is 0.978 bits per heavy atom. The molecule has 1 amide bonds. The number of imidazole rings is 1. The molecule has 3 heterocycles. The van der Waals surface area contributed by atoms with E-state index in [1.807, 2.05) is 36.4 Å². The van der Waals surface area contributed by atoms with Crippen LogP contribution in [0.3, 0.4) is 0 Å². The number of aromatic nitrogens is 4. The zero-order valence-electron chi connectivity index (χ0n) is 26.6. The molecule has 1 saturated carbocycles. The molecule has 2 aromatic carbocycles. The zero-order chi connectivity index (χ0) is 32.2. The van der Waals surface area contributed by atoms with E-state index in [0.717, 1.165) is 25.7 Å². The lowest BCUT2D eigenvalue weighted by atomic mass is 9.90. The maximum atomic E-state index is 12.6. The third-order valence-corrected chi connectivity index (χ3v) is 9.18. The molecule has 1 saturated heterocycles. The molecule has 5 N–H and O–H groups in total. The predicted molar refractivity (Wildman–Crippen MR) is 177 cm³/mol. The smallest absolute Gasteiger partial charge is 0.252 e. The van der Waals surface area contributed by atoms with Gasteiger partial charge in [0.15, 0.2) is 29.3 Å². The molecule has 46 heavy (non-hydrogen) atoms. The van der Waals surface area contributed by atoms with Gasteiger partial charge < -0.3 is 35.8 Å². The number of carbonyl (C=O) groups excluding carboxylic acids is 1. The molecule has 0 spiro atoms. The van der Waals surface area contributed by atoms with E-state index in [4.69, 9.17) is 14.7 Å². The monoisotopic (exact) mass is 628 g/mol. The number of nitrogens with one attached hydrogen (secondary N) is 3. The number of hydrogen-bond donors (Lipinski definition) is 5. The first-order valence-electron chi connectivity index (χ1n) is 16.1. The number of amides is 1. The number of benzene rings is 2. The molecule has 12 heteroatoms. The van der Waals surface area contributed by atoms with Crippen LogP contribution in [0.4, 0.5) is 11.8 Å². The fourth-order valence-corrected chi connectivity index (χ4v) is 6.59. The first-order valence-corrected chi connectivity index (χ1v) is 16.1. The molecule has 1 aliphatic heterocycles. The lowest BCUT2D eigenvalue weighted by Gasteiger charge is -2.33. The fraction of sp³-hybridized carbons (Fsp3) is 0.471. The molecule has 4 atom stereocenters. The second-order valence-corrected chi connectivity index (χ2v) is 12.4. The lowest BCUT2D eigenvalue weighted by Crippen LogP contribution is -2.42. The van der Waals surface area contributed by atoms with Crippen molar-refractivity contribution in [3.63, 3.8) is 0 Å². The van der Waals surface area contributed by atoms with Crippen LogP contribution in [-0.4, -0.2) is 98.1 Å². The van der Waals surface area contributed by atoms with Crippen molar-refractivity contribution in [3.05, 3.63) is 78.1 Å². The van der Waals surface area contributed by atoms with Gasteiger partial charge in [-0.1, -0.05) is 60.7 Å². The number of carbonyl (C=O) groups is 1. The first-order chi connectivity index (χ1) is 22.3. The highest BCUT2D eigenvalue weighted by Gasteiger charge is 2.47. The largest absolute Gasteiger partial charge is 0.387 e. The van der Waals surface area contributed by atoms with Crippen molar-refractivity contribution in [1.82, 2.24) is 29.7 Å². The Hall–Kier alpha value is -4.10. The van der Waals surface area contributed by atoms with Gasteiger partial charge in [0.05, 0.1) is 6.33 Å². The molecule has 2 fully saturated rings. The van der Waals surface area contributed by atoms with Crippen LogP contribution in [0.2, 0.25) is 0 Å². The number of ether oxygens (including phenoxy) is 1. The molecular formula is C34H44N8O4. The molecule has 244 valence electrons. The number of hydrogen-bond acceptors (Lipinski definition) is 10. The Kier molecular flexibility index (Phi) is 9.78. The summed E-state index contributed by atoms with van der Waals surface area (Å²) in [6.07, 6.45) is 0.579. The summed E-state index contributed by atoms with van der Waals surface area (Å²) in [5.74, 6) is 0.537. The first kappa shape index (κ1) is 31.9. The summed E-state index contributed by atoms with van der Waals surface area (Å²) >= 11 is 0. The molecule has 0 radical (unpaired) electrons. The number of fused-ring (bicyclic) bond motifs is 1. The minimum Gasteiger partial charge on any atom is -0.387 e. The molecule has 2 aromatic heterocycles. The lowest BCUT2D eigenvalue weighted by molar-refractivity contribution is -0.137. The van der Waals surface area contributed by atoms with Gasteiger partial charge >= 0.3 is 0 Å². The van der Waals surface area contributed by atoms with E-state index in [1.54, 1.807) is 11.5 Å². The van der Waals surface area contributed by atoms with Crippen LogP contribution in [0.5, 0.6) is 0 Å². The highest BCUT2D eigenvalue weighted by atomic mass is 16.6. The second-order valence-electron chi connectivity index (χ2n) is 12.4. The van der Waals surface area contributed by atoms with E-state index in [2.05, 4.69) is 64.2 Å². The summed E-state index contributed by atoms with van der Waals surface area (Å²) in [7, 11) is 4.25. The predicted octanol–water partition coefficient (Wildman–Crippen LogP) is 3.11. The quantitative estimate of drug-likeness (QED) is 0.168. The Balaban J connectivity index is 1.33. The van der Waals surface area contributed by atoms with Crippen LogP contribution in [0, 0.1) is 0 Å². The number of rotatable bonds is 11. The van der Waals surface area contributed by atoms with Gasteiger partial charge in [-0.2, -0.15) is 9.97 Å². The van der Waals surface area contributed by atoms with Crippen molar-refractivity contribution in [3.8, 4) is 0 Å². The number of aliphatic hydroxyl groups excluding tert-OH is 2. The Morgan fingerprint density at radius 2 is 1.63 bits per heavy atom. The third kappa shape index (κ3) is 6.70. The number of nitrogens with zero attached hydrogens (tertiary/aromatic N) is 5. The van der Waals surface area contributed by atoms with E-state index in [1.165, 1.54) is 17.5 Å². The minimum atomic E-state index is -1.41. The van der Waals surface area contributed by atoms with Crippen LogP contribution in [0.1, 0.15) is 55.9 Å². The molecule has 1 aliphatic carbocycles. The normalized spacial score (nSPS) is 24.8. The average molecular weight is 629 g/mol. The zero-order valence-corrected chi connectivity index (χ0v) is 26.6. The number of anilines is 2. The summed E-state index contributed by atoms with van der Waals surface area (Å²) in [5.41, 5.74) is 3.25. The Morgan fingerprint density at radius 3 is 2.24 bits per heavy atom. The summed E-state index contributed by atoms with van der Waals surface area (Å²) in [6, 6.07) is 21.4. The Bertz CT molecular complexity index is 1550. The van der Waals surface area contributed by atoms with E-state index in [9.17, 15) is 15.0 Å². The van der Waals surface area contributed by atoms with Gasteiger partial charge in [0.25, 0.3) is 5.91 Å². The maximum absolute atomic E-state index is 12.6. The van der Waals surface area contributed by atoms with Gasteiger partial charge in [-0.05, 0) is 57.8 Å². The second kappa shape index (κ2) is 14.1. The van der Waals surface area contributed by atoms with Crippen molar-refractivity contribution in [1.29, 1.82) is 0 Å². The van der Waals surface area contributed by atoms with E-state index < -0.39 is 30.4 Å². The van der Waals surface area contributed by atoms with Crippen LogP contribution in [-0.2, 0) is 9.53 Å². The van der Waals surface area contributed by atoms with E-state index in [0.29, 0.717) is 42.1 Å². The van der Waals surface area contributed by atoms with Crippen molar-refractivity contribution < 1.29 is 19.7 Å². The molecule has 0 bridgehead atoms. The summed E-state index contributed by atoms with van der Waals surface area (Å²) in [5, 5.41) is 31.5. The molecular weight excluding hydrogens is 584 g/mol. The minimum absolute atomic E-state index is 0.0418. The van der Waals surface area contributed by atoms with Gasteiger partial charge in [0, 0.05) is 31.1 Å². The van der Waals surface area contributed by atoms with Crippen LogP contribution in [0.25, 0.3) is 11.2 Å². The van der Waals surface area contributed by atoms with Crippen LogP contribution >= 0.6 is 0 Å². The Labute approximate surface area is 269 Å². The highest BCUT2D eigenvalue weighted by molar-refractivity contribution is 5.85. The van der Waals surface area contributed by atoms with Crippen molar-refractivity contribution in [2.45, 2.75) is 75.1 Å². The number of aliphatic hydroxyl groups is 2. The maximum Gasteiger partial charge on any atom is 0.252 e. The molecule has 4 aromatic rings. The van der Waals surface area contributed by atoms with E-state index in [-0.39, 0.29) is 12.0 Å². The van der Waals surface area contributed by atoms with Gasteiger partial charge in [0.2, 0.25) is 5.95 Å². The average Bonchev–Trinajstić information content (AvgIpc) is 3.62. The van der Waals surface area contributed by atoms with Crippen molar-refractivity contribution >= 4 is 28.8 Å². The van der Waals surface area contributed by atoms with Crippen molar-refractivity contribution in [2.24, 2.45) is 0 Å². The van der Waals surface area contributed by atoms with Crippen LogP contribution in [0.15, 0.2) is 67.0 Å². The van der Waals surface area contributed by atoms with E-state index >= 15 is 0 Å². The highest BCUT2D eigenvalue weighted by Crippen LogP contribution is 2.34. The van der Waals surface area contributed by atoms with Gasteiger partial charge in [-0.25, -0.2) is 4.98 Å². The summed E-state index contributed by atoms with van der Waals surface area (Å²) in [4.78, 5) is 29.3. The summed E-state index contributed by atoms with van der Waals surface area (Å²) < 4.78 is 7.51. The molecule has 6 rings (SSSR count). The topological polar surface area (TPSA) is 150 Å².